The summed E-state index contributed by atoms with van der Waals surface area (Å²) in [5.41, 5.74) is -0.804. The number of hydrogen-bond acceptors (Lipinski definition) is 19. The lowest BCUT2D eigenvalue weighted by atomic mass is 9.97. The van der Waals surface area contributed by atoms with Gasteiger partial charge in [-0.25, -0.2) is 0 Å². The van der Waals surface area contributed by atoms with Gasteiger partial charge in [0, 0.05) is 17.7 Å². The van der Waals surface area contributed by atoms with E-state index in [1.54, 1.807) is 0 Å². The van der Waals surface area contributed by atoms with Crippen LogP contribution in [0.2, 0.25) is 0 Å². The van der Waals surface area contributed by atoms with E-state index in [0.717, 1.165) is 0 Å². The molecular formula is C34H42O19. The molecule has 0 bridgehead atoms. The molecule has 0 spiro atoms. The molecule has 292 valence electrons. The molecule has 53 heavy (non-hydrogen) atoms. The van der Waals surface area contributed by atoms with Gasteiger partial charge in [0.2, 0.25) is 17.5 Å². The Balaban J connectivity index is 1.23. The molecular weight excluding hydrogens is 712 g/mol. The first-order chi connectivity index (χ1) is 25.1. The number of aromatic hydroxyl groups is 2. The van der Waals surface area contributed by atoms with Crippen molar-refractivity contribution < 1.29 is 88.6 Å². The number of fused-ring (bicyclic) bond motifs is 1. The maximum Gasteiger partial charge on any atom is 0.239 e. The summed E-state index contributed by atoms with van der Waals surface area (Å²) in [6.07, 6.45) is -23.9. The van der Waals surface area contributed by atoms with Crippen molar-refractivity contribution >= 4 is 11.0 Å². The average Bonchev–Trinajstić information content (AvgIpc) is 3.13. The number of aliphatic hydroxyl groups excluding tert-OH is 8. The summed E-state index contributed by atoms with van der Waals surface area (Å²) < 4.78 is 45.1. The Kier molecular flexibility index (Phi) is 11.5. The summed E-state index contributed by atoms with van der Waals surface area (Å²) in [6, 6.07) is 7.93. The van der Waals surface area contributed by atoms with Crippen LogP contribution in [0.5, 0.6) is 23.0 Å². The Morgan fingerprint density at radius 3 is 2.00 bits per heavy atom. The maximum atomic E-state index is 13.9. The van der Waals surface area contributed by atoms with Crippen molar-refractivity contribution in [1.82, 2.24) is 0 Å². The van der Waals surface area contributed by atoms with E-state index < -0.39 is 116 Å². The highest BCUT2D eigenvalue weighted by molar-refractivity contribution is 5.88. The summed E-state index contributed by atoms with van der Waals surface area (Å²) in [6.45, 7) is 2.19. The van der Waals surface area contributed by atoms with E-state index in [-0.39, 0.29) is 33.8 Å². The van der Waals surface area contributed by atoms with Crippen LogP contribution in [-0.2, 0) is 23.7 Å². The fraction of sp³-hybridized carbons (Fsp3) is 0.559. The molecule has 3 aliphatic heterocycles. The molecule has 6 rings (SSSR count). The van der Waals surface area contributed by atoms with Crippen LogP contribution in [0, 0.1) is 0 Å². The highest BCUT2D eigenvalue weighted by Gasteiger charge is 2.51. The lowest BCUT2D eigenvalue weighted by Gasteiger charge is -2.46. The fourth-order valence-corrected chi connectivity index (χ4v) is 6.32. The summed E-state index contributed by atoms with van der Waals surface area (Å²) in [4.78, 5) is 13.9. The smallest absolute Gasteiger partial charge is 0.239 e. The Morgan fingerprint density at radius 2 is 1.32 bits per heavy atom. The zero-order valence-corrected chi connectivity index (χ0v) is 28.5. The number of methoxy groups -OCH3 is 1. The van der Waals surface area contributed by atoms with E-state index in [0.29, 0.717) is 0 Å². The van der Waals surface area contributed by atoms with E-state index in [4.69, 9.17) is 37.6 Å². The second-order valence-electron chi connectivity index (χ2n) is 13.1. The molecule has 2 aromatic carbocycles. The van der Waals surface area contributed by atoms with Crippen molar-refractivity contribution in [2.24, 2.45) is 0 Å². The van der Waals surface area contributed by atoms with Gasteiger partial charge in [-0.05, 0) is 38.1 Å². The SMILES string of the molecule is COc1cc(O)c2c(=O)c(O[C@@H]3O[C@@H](CO[C@@H]4O[C@@H](C)[C@H](O)[C@@H](O[C@@H]5O[C@@H](C)[C@H](O)[C@@H](O)[C@H]5O)[C@H]4O)[C@H](O)[C@@H](O)[C@@H]3O)c(-c3ccc(O)cc3)oc2c1. The van der Waals surface area contributed by atoms with Crippen LogP contribution in [0.15, 0.2) is 45.6 Å². The monoisotopic (exact) mass is 754 g/mol. The van der Waals surface area contributed by atoms with Gasteiger partial charge in [-0.1, -0.05) is 0 Å². The molecule has 15 atom stereocenters. The minimum atomic E-state index is -1.96. The molecule has 0 aliphatic carbocycles. The molecule has 0 radical (unpaired) electrons. The van der Waals surface area contributed by atoms with Crippen LogP contribution < -0.4 is 14.9 Å². The van der Waals surface area contributed by atoms with Crippen LogP contribution >= 0.6 is 0 Å². The van der Waals surface area contributed by atoms with E-state index in [1.807, 2.05) is 0 Å². The van der Waals surface area contributed by atoms with Crippen LogP contribution in [0.1, 0.15) is 13.8 Å². The Labute approximate surface area is 300 Å². The molecule has 3 aliphatic rings. The van der Waals surface area contributed by atoms with Gasteiger partial charge in [0.1, 0.15) is 89.3 Å². The number of benzene rings is 2. The Hall–Kier alpha value is -3.67. The largest absolute Gasteiger partial charge is 0.508 e. The van der Waals surface area contributed by atoms with Crippen molar-refractivity contribution in [1.29, 1.82) is 0 Å². The molecule has 1 aromatic heterocycles. The highest BCUT2D eigenvalue weighted by Crippen LogP contribution is 2.38. The second kappa shape index (κ2) is 15.6. The van der Waals surface area contributed by atoms with Gasteiger partial charge < -0.3 is 88.6 Å². The summed E-state index contributed by atoms with van der Waals surface area (Å²) >= 11 is 0. The minimum absolute atomic E-state index is 0.102. The predicted octanol–water partition coefficient (Wildman–Crippen LogP) is -2.24. The zero-order chi connectivity index (χ0) is 38.5. The van der Waals surface area contributed by atoms with E-state index in [1.165, 1.54) is 57.4 Å². The van der Waals surface area contributed by atoms with Crippen molar-refractivity contribution in [3.05, 3.63) is 46.6 Å². The first kappa shape index (κ1) is 39.0. The molecule has 10 N–H and O–H groups in total. The molecule has 4 heterocycles. The van der Waals surface area contributed by atoms with E-state index >= 15 is 0 Å². The number of ether oxygens (including phenoxy) is 7. The molecule has 3 saturated heterocycles. The standard InChI is InChI=1S/C34H42O19/c1-11-20(37)24(41)26(43)33(49-11)52-30-21(38)12(2)48-32(28(30)45)47-10-18-22(39)25(42)27(44)34(51-18)53-31-23(40)19-16(36)8-15(46-3)9-17(19)50-29(31)13-4-6-14(35)7-5-13/h4-9,11-12,18,20-22,24-28,30,32-39,41-45H,10H2,1-3H3/t11-,12-,18-,20-,21-,22-,24+,25+,26+,27-,28+,30+,32+,33-,34-/m0/s1. The molecule has 0 unspecified atom stereocenters. The highest BCUT2D eigenvalue weighted by atomic mass is 16.7. The molecule has 19 nitrogen and oxygen atoms in total. The van der Waals surface area contributed by atoms with Gasteiger partial charge in [-0.2, -0.15) is 0 Å². The topological polar surface area (TPSA) is 297 Å². The molecule has 19 heteroatoms. The number of rotatable bonds is 9. The van der Waals surface area contributed by atoms with Crippen molar-refractivity contribution in [3.63, 3.8) is 0 Å². The number of hydrogen-bond donors (Lipinski definition) is 10. The van der Waals surface area contributed by atoms with Gasteiger partial charge >= 0.3 is 0 Å². The van der Waals surface area contributed by atoms with E-state index in [2.05, 4.69) is 0 Å². The third-order valence-electron chi connectivity index (χ3n) is 9.48. The first-order valence-electron chi connectivity index (χ1n) is 16.6. The molecule has 0 saturated carbocycles. The van der Waals surface area contributed by atoms with Crippen LogP contribution in [0.4, 0.5) is 0 Å². The van der Waals surface area contributed by atoms with Gasteiger partial charge in [0.25, 0.3) is 0 Å². The zero-order valence-electron chi connectivity index (χ0n) is 28.5. The average molecular weight is 755 g/mol. The Bertz CT molecular complexity index is 1780. The van der Waals surface area contributed by atoms with Crippen molar-refractivity contribution in [2.45, 2.75) is 106 Å². The summed E-state index contributed by atoms with van der Waals surface area (Å²) in [5.74, 6) is -1.27. The van der Waals surface area contributed by atoms with E-state index in [9.17, 15) is 55.9 Å². The summed E-state index contributed by atoms with van der Waals surface area (Å²) in [7, 11) is 1.34. The van der Waals surface area contributed by atoms with Gasteiger partial charge in [-0.15, -0.1) is 0 Å². The molecule has 3 aromatic rings. The van der Waals surface area contributed by atoms with Crippen LogP contribution in [0.25, 0.3) is 22.3 Å². The molecule has 3 fully saturated rings. The fourth-order valence-electron chi connectivity index (χ4n) is 6.32. The molecule has 0 amide bonds. The number of phenols is 2. The van der Waals surface area contributed by atoms with Gasteiger partial charge in [-0.3, -0.25) is 4.79 Å². The van der Waals surface area contributed by atoms with Crippen LogP contribution in [-0.4, -0.2) is 157 Å². The van der Waals surface area contributed by atoms with Crippen LogP contribution in [0.3, 0.4) is 0 Å². The Morgan fingerprint density at radius 1 is 0.698 bits per heavy atom. The predicted molar refractivity (Wildman–Crippen MR) is 175 cm³/mol. The van der Waals surface area contributed by atoms with Gasteiger partial charge in [0.05, 0.1) is 25.9 Å². The third-order valence-corrected chi connectivity index (χ3v) is 9.48. The van der Waals surface area contributed by atoms with Crippen molar-refractivity contribution in [2.75, 3.05) is 13.7 Å². The lowest BCUT2D eigenvalue weighted by molar-refractivity contribution is -0.358. The summed E-state index contributed by atoms with van der Waals surface area (Å²) in [5, 5.41) is 105. The second-order valence-corrected chi connectivity index (χ2v) is 13.1. The van der Waals surface area contributed by atoms with Crippen molar-refractivity contribution in [3.8, 4) is 34.3 Å². The lowest BCUT2D eigenvalue weighted by Crippen LogP contribution is -2.64. The first-order valence-corrected chi connectivity index (χ1v) is 16.6. The third kappa shape index (κ3) is 7.54. The minimum Gasteiger partial charge on any atom is -0.508 e. The van der Waals surface area contributed by atoms with Gasteiger partial charge in [0.15, 0.2) is 18.3 Å². The maximum absolute atomic E-state index is 13.9. The quantitative estimate of drug-likeness (QED) is 0.110. The number of phenolic OH excluding ortho intramolecular Hbond substituents is 2. The normalized spacial score (nSPS) is 37.8. The number of aliphatic hydroxyl groups is 8.